The third-order valence-electron chi connectivity index (χ3n) is 2.03. The van der Waals surface area contributed by atoms with Gasteiger partial charge in [0, 0.05) is 6.08 Å². The summed E-state index contributed by atoms with van der Waals surface area (Å²) in [5.74, 6) is -0.611. The molecule has 0 amide bonds. The van der Waals surface area contributed by atoms with Gasteiger partial charge in [-0.25, -0.2) is 4.79 Å². The van der Waals surface area contributed by atoms with Crippen molar-refractivity contribution in [1.82, 2.24) is 0 Å². The normalized spacial score (nSPS) is 41.7. The highest BCUT2D eigenvalue weighted by molar-refractivity contribution is 6.22. The summed E-state index contributed by atoms with van der Waals surface area (Å²) < 4.78 is 4.85. The van der Waals surface area contributed by atoms with E-state index in [0.29, 0.717) is 0 Å². The molecular formula is C10H13ClO4. The van der Waals surface area contributed by atoms with Gasteiger partial charge >= 0.3 is 5.97 Å². The third kappa shape index (κ3) is 3.66. The third-order valence-corrected chi connectivity index (χ3v) is 2.43. The van der Waals surface area contributed by atoms with Crippen molar-refractivity contribution in [3.63, 3.8) is 0 Å². The van der Waals surface area contributed by atoms with E-state index in [9.17, 15) is 15.0 Å². The van der Waals surface area contributed by atoms with E-state index >= 15 is 0 Å². The topological polar surface area (TPSA) is 66.8 Å². The molecule has 1 rings (SSSR count). The van der Waals surface area contributed by atoms with Gasteiger partial charge in [0.05, 0.1) is 11.5 Å². The monoisotopic (exact) mass is 232 g/mol. The molecule has 0 radical (unpaired) electrons. The van der Waals surface area contributed by atoms with Crippen LogP contribution in [0.1, 0.15) is 6.92 Å². The minimum atomic E-state index is -0.995. The maximum Gasteiger partial charge on any atom is 0.330 e. The first kappa shape index (κ1) is 12.2. The lowest BCUT2D eigenvalue weighted by Gasteiger charge is -2.21. The second-order valence-electron chi connectivity index (χ2n) is 3.31. The van der Waals surface area contributed by atoms with Crippen molar-refractivity contribution < 1.29 is 19.7 Å². The van der Waals surface area contributed by atoms with Crippen LogP contribution in [0.25, 0.3) is 0 Å². The highest BCUT2D eigenvalue weighted by atomic mass is 35.5. The molecule has 0 spiro atoms. The Morgan fingerprint density at radius 2 is 2.00 bits per heavy atom. The largest absolute Gasteiger partial charge is 0.457 e. The van der Waals surface area contributed by atoms with E-state index in [1.54, 1.807) is 6.92 Å². The molecule has 0 aliphatic carbocycles. The van der Waals surface area contributed by atoms with Gasteiger partial charge in [-0.1, -0.05) is 12.2 Å². The van der Waals surface area contributed by atoms with Crippen molar-refractivity contribution >= 4 is 17.6 Å². The molecule has 4 nitrogen and oxygen atoms in total. The molecule has 0 saturated carbocycles. The smallest absolute Gasteiger partial charge is 0.330 e. The highest BCUT2D eigenvalue weighted by Crippen LogP contribution is 2.13. The number of halogens is 1. The van der Waals surface area contributed by atoms with Gasteiger partial charge in [0.25, 0.3) is 0 Å². The molecule has 84 valence electrons. The van der Waals surface area contributed by atoms with Crippen molar-refractivity contribution in [2.45, 2.75) is 30.6 Å². The number of rotatable bonds is 0. The number of cyclic esters (lactones) is 1. The Labute approximate surface area is 92.8 Å². The summed E-state index contributed by atoms with van der Waals surface area (Å²) in [5, 5.41) is 18.2. The Hall–Kier alpha value is -0.840. The Balaban J connectivity index is 2.84. The molecule has 1 aliphatic rings. The maximum atomic E-state index is 11.1. The van der Waals surface area contributed by atoms with Crippen molar-refractivity contribution in [3.8, 4) is 0 Å². The number of aliphatic hydroxyl groups is 2. The number of alkyl halides is 1. The average Bonchev–Trinajstić information content (AvgIpc) is 2.20. The molecule has 0 aromatic rings. The van der Waals surface area contributed by atoms with Gasteiger partial charge < -0.3 is 14.9 Å². The Morgan fingerprint density at radius 1 is 1.33 bits per heavy atom. The number of hydrogen-bond donors (Lipinski definition) is 2. The fourth-order valence-electron chi connectivity index (χ4n) is 1.13. The SMILES string of the molecule is C[C@H]1OC(=O)/C=C\[C@H](O)/C=C/C(Cl)[C@H]1O. The van der Waals surface area contributed by atoms with E-state index in [0.717, 1.165) is 6.08 Å². The molecule has 0 saturated heterocycles. The molecule has 4 atom stereocenters. The molecule has 0 bridgehead atoms. The van der Waals surface area contributed by atoms with Crippen LogP contribution in [0.2, 0.25) is 0 Å². The van der Waals surface area contributed by atoms with Crippen LogP contribution in [-0.4, -0.2) is 39.9 Å². The van der Waals surface area contributed by atoms with Crippen LogP contribution < -0.4 is 0 Å². The van der Waals surface area contributed by atoms with E-state index in [1.807, 2.05) is 0 Å². The molecule has 15 heavy (non-hydrogen) atoms. The number of carbonyl (C=O) groups is 1. The van der Waals surface area contributed by atoms with Gasteiger partial charge in [0.15, 0.2) is 0 Å². The summed E-state index contributed by atoms with van der Waals surface area (Å²) in [6.45, 7) is 1.55. The van der Waals surface area contributed by atoms with Crippen LogP contribution in [0.4, 0.5) is 0 Å². The van der Waals surface area contributed by atoms with E-state index in [4.69, 9.17) is 16.3 Å². The minimum Gasteiger partial charge on any atom is -0.457 e. The van der Waals surface area contributed by atoms with Crippen molar-refractivity contribution in [3.05, 3.63) is 24.3 Å². The summed E-state index contributed by atoms with van der Waals surface area (Å²) in [6.07, 6.45) is 2.69. The lowest BCUT2D eigenvalue weighted by molar-refractivity contribution is -0.147. The zero-order valence-corrected chi connectivity index (χ0v) is 8.96. The Morgan fingerprint density at radius 3 is 2.67 bits per heavy atom. The molecule has 2 N–H and O–H groups in total. The van der Waals surface area contributed by atoms with Gasteiger partial charge in [-0.05, 0) is 13.0 Å². The number of aliphatic hydroxyl groups excluding tert-OH is 2. The van der Waals surface area contributed by atoms with Crippen LogP contribution in [-0.2, 0) is 9.53 Å². The van der Waals surface area contributed by atoms with Crippen molar-refractivity contribution in [2.24, 2.45) is 0 Å². The molecule has 0 fully saturated rings. The Kier molecular flexibility index (Phi) is 4.32. The van der Waals surface area contributed by atoms with Crippen LogP contribution in [0.15, 0.2) is 24.3 Å². The van der Waals surface area contributed by atoms with Gasteiger partial charge in [-0.3, -0.25) is 0 Å². The lowest BCUT2D eigenvalue weighted by atomic mass is 10.1. The predicted octanol–water partition coefficient (Wildman–Crippen LogP) is 0.373. The van der Waals surface area contributed by atoms with E-state index < -0.39 is 29.7 Å². The van der Waals surface area contributed by atoms with Gasteiger partial charge in [0.1, 0.15) is 12.2 Å². The number of hydrogen-bond acceptors (Lipinski definition) is 4. The molecule has 1 heterocycles. The summed E-state index contributed by atoms with van der Waals surface area (Å²) in [6, 6.07) is 0. The van der Waals surface area contributed by atoms with Gasteiger partial charge in [-0.15, -0.1) is 11.6 Å². The molecule has 1 unspecified atom stereocenters. The first-order valence-corrected chi connectivity index (χ1v) is 5.01. The molecule has 5 heteroatoms. The van der Waals surface area contributed by atoms with E-state index in [2.05, 4.69) is 0 Å². The van der Waals surface area contributed by atoms with Crippen molar-refractivity contribution in [1.29, 1.82) is 0 Å². The second-order valence-corrected chi connectivity index (χ2v) is 3.82. The maximum absolute atomic E-state index is 11.1. The summed E-state index contributed by atoms with van der Waals surface area (Å²) in [5.41, 5.74) is 0. The predicted molar refractivity (Wildman–Crippen MR) is 55.5 cm³/mol. The molecule has 0 aromatic heterocycles. The zero-order valence-electron chi connectivity index (χ0n) is 8.21. The van der Waals surface area contributed by atoms with Crippen LogP contribution >= 0.6 is 11.6 Å². The van der Waals surface area contributed by atoms with Gasteiger partial charge in [0.2, 0.25) is 0 Å². The number of esters is 1. The van der Waals surface area contributed by atoms with Crippen LogP contribution in [0.3, 0.4) is 0 Å². The molecule has 0 aromatic carbocycles. The first-order valence-electron chi connectivity index (χ1n) is 4.58. The Bertz CT molecular complexity index is 287. The van der Waals surface area contributed by atoms with E-state index in [-0.39, 0.29) is 0 Å². The first-order chi connectivity index (χ1) is 7.00. The van der Waals surface area contributed by atoms with Crippen LogP contribution in [0, 0.1) is 0 Å². The molecular weight excluding hydrogens is 220 g/mol. The zero-order chi connectivity index (χ0) is 11.4. The fraction of sp³-hybridized carbons (Fsp3) is 0.500. The van der Waals surface area contributed by atoms with Crippen molar-refractivity contribution in [2.75, 3.05) is 0 Å². The van der Waals surface area contributed by atoms with Crippen LogP contribution in [0.5, 0.6) is 0 Å². The standard InChI is InChI=1S/C10H13ClO4/c1-6-10(14)8(11)4-2-7(12)3-5-9(13)15-6/h2-8,10,12,14H,1H3/b4-2+,5-3-/t6-,7-,8?,10+/m1/s1. The number of ether oxygens (including phenoxy) is 1. The second kappa shape index (κ2) is 5.30. The van der Waals surface area contributed by atoms with E-state index in [1.165, 1.54) is 18.2 Å². The minimum absolute atomic E-state index is 0.611. The van der Waals surface area contributed by atoms with Gasteiger partial charge in [-0.2, -0.15) is 0 Å². The summed E-state index contributed by atoms with van der Waals surface area (Å²) >= 11 is 5.81. The molecule has 1 aliphatic heterocycles. The quantitative estimate of drug-likeness (QED) is 0.360. The average molecular weight is 233 g/mol. The summed E-state index contributed by atoms with van der Waals surface area (Å²) in [4.78, 5) is 11.1. The number of carbonyl (C=O) groups excluding carboxylic acids is 1. The highest BCUT2D eigenvalue weighted by Gasteiger charge is 2.24. The lowest BCUT2D eigenvalue weighted by Crippen LogP contribution is -2.35. The summed E-state index contributed by atoms with van der Waals surface area (Å²) in [7, 11) is 0. The fourth-order valence-corrected chi connectivity index (χ4v) is 1.42.